The van der Waals surface area contributed by atoms with Crippen LogP contribution in [0.15, 0.2) is 18.2 Å². The van der Waals surface area contributed by atoms with Crippen molar-refractivity contribution >= 4 is 11.5 Å². The van der Waals surface area contributed by atoms with Crippen molar-refractivity contribution in [3.8, 4) is 0 Å². The molecule has 1 atom stereocenters. The van der Waals surface area contributed by atoms with Crippen molar-refractivity contribution in [2.75, 3.05) is 32.1 Å². The van der Waals surface area contributed by atoms with Crippen LogP contribution in [0.3, 0.4) is 0 Å². The highest BCUT2D eigenvalue weighted by Gasteiger charge is 2.27. The SMILES string of the molecule is CC(=O)c1c(F)cccc1N1CCC(N(C)C)C1. The monoisotopic (exact) mass is 250 g/mol. The number of halogens is 1. The van der Waals surface area contributed by atoms with E-state index >= 15 is 0 Å². The highest BCUT2D eigenvalue weighted by molar-refractivity contribution is 6.00. The Labute approximate surface area is 107 Å². The Morgan fingerprint density at radius 2 is 2.17 bits per heavy atom. The third-order valence-corrected chi connectivity index (χ3v) is 3.58. The van der Waals surface area contributed by atoms with Crippen LogP contribution in [-0.2, 0) is 0 Å². The van der Waals surface area contributed by atoms with Crippen LogP contribution in [0, 0.1) is 5.82 Å². The molecule has 0 amide bonds. The van der Waals surface area contributed by atoms with Gasteiger partial charge in [0, 0.05) is 19.1 Å². The Hall–Kier alpha value is -1.42. The van der Waals surface area contributed by atoms with E-state index in [0.717, 1.165) is 25.2 Å². The van der Waals surface area contributed by atoms with Crippen molar-refractivity contribution in [3.63, 3.8) is 0 Å². The number of Topliss-reactive ketones (excluding diaryl/α,β-unsaturated/α-hetero) is 1. The second-order valence-corrected chi connectivity index (χ2v) is 5.04. The standard InChI is InChI=1S/C14H19FN2O/c1-10(18)14-12(15)5-4-6-13(14)17-8-7-11(9-17)16(2)3/h4-6,11H,7-9H2,1-3H3. The fourth-order valence-electron chi connectivity index (χ4n) is 2.51. The van der Waals surface area contributed by atoms with Gasteiger partial charge < -0.3 is 9.80 Å². The van der Waals surface area contributed by atoms with E-state index in [0.29, 0.717) is 6.04 Å². The maximum absolute atomic E-state index is 13.8. The molecular formula is C14H19FN2O. The maximum atomic E-state index is 13.8. The molecule has 2 rings (SSSR count). The maximum Gasteiger partial charge on any atom is 0.164 e. The fourth-order valence-corrected chi connectivity index (χ4v) is 2.51. The van der Waals surface area contributed by atoms with E-state index < -0.39 is 5.82 Å². The number of likely N-dealkylation sites (N-methyl/N-ethyl adjacent to an activating group) is 1. The third kappa shape index (κ3) is 2.38. The zero-order valence-electron chi connectivity index (χ0n) is 11.1. The number of carbonyl (C=O) groups excluding carboxylic acids is 1. The minimum absolute atomic E-state index is 0.212. The van der Waals surface area contributed by atoms with E-state index in [1.165, 1.54) is 13.0 Å². The summed E-state index contributed by atoms with van der Waals surface area (Å²) in [6, 6.07) is 5.31. The zero-order chi connectivity index (χ0) is 13.3. The van der Waals surface area contributed by atoms with Gasteiger partial charge >= 0.3 is 0 Å². The van der Waals surface area contributed by atoms with Crippen LogP contribution >= 0.6 is 0 Å². The van der Waals surface area contributed by atoms with Crippen molar-refractivity contribution in [1.82, 2.24) is 4.90 Å². The molecular weight excluding hydrogens is 231 g/mol. The Bertz CT molecular complexity index is 459. The van der Waals surface area contributed by atoms with Crippen molar-refractivity contribution in [3.05, 3.63) is 29.6 Å². The van der Waals surface area contributed by atoms with Gasteiger partial charge in [0.25, 0.3) is 0 Å². The lowest BCUT2D eigenvalue weighted by molar-refractivity contribution is 0.101. The molecule has 1 fully saturated rings. The molecule has 0 bridgehead atoms. The van der Waals surface area contributed by atoms with Crippen molar-refractivity contribution < 1.29 is 9.18 Å². The van der Waals surface area contributed by atoms with Gasteiger partial charge in [-0.05, 0) is 39.6 Å². The van der Waals surface area contributed by atoms with Crippen LogP contribution in [0.1, 0.15) is 23.7 Å². The van der Waals surface area contributed by atoms with Crippen LogP contribution < -0.4 is 4.90 Å². The largest absolute Gasteiger partial charge is 0.369 e. The van der Waals surface area contributed by atoms with Gasteiger partial charge in [-0.15, -0.1) is 0 Å². The first kappa shape index (κ1) is 13.0. The van der Waals surface area contributed by atoms with Gasteiger partial charge in [0.1, 0.15) is 5.82 Å². The quantitative estimate of drug-likeness (QED) is 0.768. The molecule has 0 N–H and O–H groups in total. The van der Waals surface area contributed by atoms with Gasteiger partial charge in [-0.3, -0.25) is 4.79 Å². The van der Waals surface area contributed by atoms with Crippen molar-refractivity contribution in [1.29, 1.82) is 0 Å². The number of rotatable bonds is 3. The van der Waals surface area contributed by atoms with Crippen molar-refractivity contribution in [2.24, 2.45) is 0 Å². The summed E-state index contributed by atoms with van der Waals surface area (Å²) in [5.41, 5.74) is 0.948. The second kappa shape index (κ2) is 5.06. The Morgan fingerprint density at radius 1 is 1.44 bits per heavy atom. The lowest BCUT2D eigenvalue weighted by Gasteiger charge is -2.23. The lowest BCUT2D eigenvalue weighted by atomic mass is 10.1. The van der Waals surface area contributed by atoms with Gasteiger partial charge in [0.05, 0.1) is 11.3 Å². The van der Waals surface area contributed by atoms with Gasteiger partial charge in [-0.2, -0.15) is 0 Å². The van der Waals surface area contributed by atoms with E-state index in [1.54, 1.807) is 6.07 Å². The third-order valence-electron chi connectivity index (χ3n) is 3.58. The Balaban J connectivity index is 2.30. The number of hydrogen-bond acceptors (Lipinski definition) is 3. The summed E-state index contributed by atoms with van der Waals surface area (Å²) in [5, 5.41) is 0. The van der Waals surface area contributed by atoms with Crippen LogP contribution in [-0.4, -0.2) is 43.9 Å². The van der Waals surface area contributed by atoms with Crippen LogP contribution in [0.2, 0.25) is 0 Å². The average Bonchev–Trinajstić information content (AvgIpc) is 2.77. The first-order chi connectivity index (χ1) is 8.50. The first-order valence-electron chi connectivity index (χ1n) is 6.21. The summed E-state index contributed by atoms with van der Waals surface area (Å²) in [6.45, 7) is 3.13. The summed E-state index contributed by atoms with van der Waals surface area (Å²) < 4.78 is 13.8. The molecule has 0 spiro atoms. The topological polar surface area (TPSA) is 23.6 Å². The van der Waals surface area contributed by atoms with Crippen molar-refractivity contribution in [2.45, 2.75) is 19.4 Å². The van der Waals surface area contributed by atoms with Crippen LogP contribution in [0.5, 0.6) is 0 Å². The van der Waals surface area contributed by atoms with Gasteiger partial charge in [-0.1, -0.05) is 6.07 Å². The summed E-state index contributed by atoms with van der Waals surface area (Å²) in [6.07, 6.45) is 1.04. The van der Waals surface area contributed by atoms with Crippen LogP contribution in [0.4, 0.5) is 10.1 Å². The highest BCUT2D eigenvalue weighted by Crippen LogP contribution is 2.28. The molecule has 4 heteroatoms. The minimum Gasteiger partial charge on any atom is -0.369 e. The van der Waals surface area contributed by atoms with E-state index in [1.807, 2.05) is 20.2 Å². The predicted molar refractivity (Wildman–Crippen MR) is 70.7 cm³/mol. The fraction of sp³-hybridized carbons (Fsp3) is 0.500. The molecule has 0 aliphatic carbocycles. The molecule has 0 saturated carbocycles. The summed E-state index contributed by atoms with van der Waals surface area (Å²) >= 11 is 0. The first-order valence-corrected chi connectivity index (χ1v) is 6.21. The van der Waals surface area contributed by atoms with Crippen LogP contribution in [0.25, 0.3) is 0 Å². The molecule has 1 saturated heterocycles. The molecule has 1 heterocycles. The minimum atomic E-state index is -0.423. The van der Waals surface area contributed by atoms with E-state index in [-0.39, 0.29) is 11.3 Å². The number of hydrogen-bond donors (Lipinski definition) is 0. The number of carbonyl (C=O) groups is 1. The number of nitrogens with zero attached hydrogens (tertiary/aromatic N) is 2. The lowest BCUT2D eigenvalue weighted by Crippen LogP contribution is -2.32. The second-order valence-electron chi connectivity index (χ2n) is 5.04. The normalized spacial score (nSPS) is 19.6. The van der Waals surface area contributed by atoms with Gasteiger partial charge in [0.2, 0.25) is 0 Å². The molecule has 1 aliphatic rings. The molecule has 1 aliphatic heterocycles. The Kier molecular flexibility index (Phi) is 3.66. The molecule has 98 valence electrons. The molecule has 3 nitrogen and oxygen atoms in total. The smallest absolute Gasteiger partial charge is 0.164 e. The Morgan fingerprint density at radius 3 is 2.72 bits per heavy atom. The zero-order valence-corrected chi connectivity index (χ0v) is 11.1. The van der Waals surface area contributed by atoms with Gasteiger partial charge in [0.15, 0.2) is 5.78 Å². The number of benzene rings is 1. The molecule has 1 unspecified atom stereocenters. The molecule has 1 aromatic carbocycles. The predicted octanol–water partition coefficient (Wildman–Crippen LogP) is 2.17. The van der Waals surface area contributed by atoms with Gasteiger partial charge in [-0.25, -0.2) is 4.39 Å². The summed E-state index contributed by atoms with van der Waals surface area (Å²) in [7, 11) is 4.09. The molecule has 0 radical (unpaired) electrons. The average molecular weight is 250 g/mol. The molecule has 1 aromatic rings. The number of anilines is 1. The highest BCUT2D eigenvalue weighted by atomic mass is 19.1. The van der Waals surface area contributed by atoms with E-state index in [9.17, 15) is 9.18 Å². The molecule has 0 aromatic heterocycles. The number of ketones is 1. The summed E-state index contributed by atoms with van der Waals surface area (Å²) in [4.78, 5) is 15.9. The van der Waals surface area contributed by atoms with E-state index in [2.05, 4.69) is 9.80 Å². The van der Waals surface area contributed by atoms with E-state index in [4.69, 9.17) is 0 Å². The summed E-state index contributed by atoms with van der Waals surface area (Å²) in [5.74, 6) is -0.635. The molecule has 18 heavy (non-hydrogen) atoms.